The highest BCUT2D eigenvalue weighted by Crippen LogP contribution is 2.61. The first-order valence-corrected chi connectivity index (χ1v) is 11.1. The molecule has 29 heavy (non-hydrogen) atoms. The molecule has 158 valence electrons. The summed E-state index contributed by atoms with van der Waals surface area (Å²) in [5.74, 6) is 3.27. The topological polar surface area (TPSA) is 76.5 Å². The molecule has 1 N–H and O–H groups in total. The summed E-state index contributed by atoms with van der Waals surface area (Å²) in [7, 11) is 1.61. The van der Waals surface area contributed by atoms with Gasteiger partial charge in [-0.2, -0.15) is 0 Å². The van der Waals surface area contributed by atoms with Crippen LogP contribution >= 0.6 is 0 Å². The number of methoxy groups -OCH3 is 1. The zero-order valence-electron chi connectivity index (χ0n) is 17.5. The van der Waals surface area contributed by atoms with Crippen LogP contribution in [0.1, 0.15) is 67.8 Å². The Morgan fingerprint density at radius 1 is 1.17 bits per heavy atom. The van der Waals surface area contributed by atoms with Crippen LogP contribution in [0.4, 0.5) is 0 Å². The van der Waals surface area contributed by atoms with Crippen LogP contribution in [0.2, 0.25) is 0 Å². The first kappa shape index (κ1) is 19.1. The lowest BCUT2D eigenvalue weighted by molar-refractivity contribution is -0.161. The molecule has 2 heterocycles. The molecule has 7 nitrogen and oxygen atoms in total. The van der Waals surface area contributed by atoms with E-state index in [1.54, 1.807) is 7.11 Å². The Bertz CT molecular complexity index is 782. The largest absolute Gasteiger partial charge is 0.383 e. The summed E-state index contributed by atoms with van der Waals surface area (Å²) < 4.78 is 7.02. The first-order chi connectivity index (χ1) is 14.0. The van der Waals surface area contributed by atoms with Gasteiger partial charge in [0.2, 0.25) is 5.91 Å². The van der Waals surface area contributed by atoms with Crippen LogP contribution in [0.3, 0.4) is 0 Å². The molecule has 5 aliphatic rings. The predicted molar refractivity (Wildman–Crippen MR) is 107 cm³/mol. The number of hydrogen-bond acceptors (Lipinski definition) is 4. The number of hydrogen-bond donors (Lipinski definition) is 1. The maximum Gasteiger partial charge on any atom is 0.271 e. The summed E-state index contributed by atoms with van der Waals surface area (Å²) >= 11 is 0. The highest BCUT2D eigenvalue weighted by molar-refractivity contribution is 5.92. The van der Waals surface area contributed by atoms with E-state index in [2.05, 4.69) is 22.1 Å². The summed E-state index contributed by atoms with van der Waals surface area (Å²) in [6.45, 7) is 4.40. The zero-order chi connectivity index (χ0) is 20.2. The van der Waals surface area contributed by atoms with Gasteiger partial charge in [0.05, 0.1) is 18.1 Å². The number of nitrogens with zero attached hydrogens (tertiary/aromatic N) is 3. The van der Waals surface area contributed by atoms with Crippen molar-refractivity contribution in [2.24, 2.45) is 23.2 Å². The van der Waals surface area contributed by atoms with Crippen molar-refractivity contribution < 1.29 is 14.3 Å². The van der Waals surface area contributed by atoms with Gasteiger partial charge in [-0.15, -0.1) is 0 Å². The van der Waals surface area contributed by atoms with Crippen LogP contribution in [0.15, 0.2) is 6.20 Å². The van der Waals surface area contributed by atoms with Crippen molar-refractivity contribution in [2.75, 3.05) is 26.8 Å². The maximum atomic E-state index is 13.8. The molecular formula is C22H32N4O3. The van der Waals surface area contributed by atoms with Gasteiger partial charge in [-0.05, 0) is 63.2 Å². The molecule has 1 aromatic heterocycles. The zero-order valence-corrected chi connectivity index (χ0v) is 17.5. The molecule has 4 bridgehead atoms. The number of ether oxygens (including phenoxy) is 1. The molecule has 4 aliphatic carbocycles. The SMILES string of the molecule is COCCNC(=O)c1cn2c(n1)C(C)N(C(=O)C13CC4CC(CC(C4)C1)C3)CC2. The molecule has 0 spiro atoms. The second-order valence-electron chi connectivity index (χ2n) is 9.80. The molecule has 0 radical (unpaired) electrons. The number of rotatable bonds is 5. The number of nitrogens with one attached hydrogen (secondary N) is 1. The maximum absolute atomic E-state index is 13.8. The first-order valence-electron chi connectivity index (χ1n) is 11.1. The Balaban J connectivity index is 1.33. The fourth-order valence-electron chi connectivity index (χ4n) is 6.91. The van der Waals surface area contributed by atoms with Crippen molar-refractivity contribution in [3.63, 3.8) is 0 Å². The number of aromatic nitrogens is 2. The Labute approximate surface area is 172 Å². The van der Waals surface area contributed by atoms with Crippen molar-refractivity contribution in [3.05, 3.63) is 17.7 Å². The lowest BCUT2D eigenvalue weighted by Gasteiger charge is -2.57. The molecule has 4 fully saturated rings. The molecule has 1 aliphatic heterocycles. The molecule has 2 amide bonds. The Hall–Kier alpha value is -1.89. The van der Waals surface area contributed by atoms with E-state index in [1.807, 2.05) is 10.8 Å². The molecular weight excluding hydrogens is 368 g/mol. The van der Waals surface area contributed by atoms with E-state index >= 15 is 0 Å². The summed E-state index contributed by atoms with van der Waals surface area (Å²) in [5, 5.41) is 2.83. The fourth-order valence-corrected chi connectivity index (χ4v) is 6.91. The second-order valence-corrected chi connectivity index (χ2v) is 9.80. The van der Waals surface area contributed by atoms with Gasteiger partial charge in [0.25, 0.3) is 5.91 Å². The lowest BCUT2D eigenvalue weighted by atomic mass is 9.49. The summed E-state index contributed by atoms with van der Waals surface area (Å²) in [5.41, 5.74) is 0.296. The monoisotopic (exact) mass is 400 g/mol. The molecule has 1 atom stereocenters. The highest BCUT2D eigenvalue weighted by atomic mass is 16.5. The van der Waals surface area contributed by atoms with Crippen LogP contribution in [-0.4, -0.2) is 53.1 Å². The molecule has 1 aromatic rings. The highest BCUT2D eigenvalue weighted by Gasteiger charge is 2.56. The number of carbonyl (C=O) groups excluding carboxylic acids is 2. The van der Waals surface area contributed by atoms with E-state index in [-0.39, 0.29) is 17.4 Å². The predicted octanol–water partition coefficient (Wildman–Crippen LogP) is 2.38. The van der Waals surface area contributed by atoms with Crippen LogP contribution in [0.5, 0.6) is 0 Å². The smallest absolute Gasteiger partial charge is 0.271 e. The van der Waals surface area contributed by atoms with Crippen LogP contribution in [0, 0.1) is 23.2 Å². The fraction of sp³-hybridized carbons (Fsp3) is 0.773. The Morgan fingerprint density at radius 3 is 2.45 bits per heavy atom. The van der Waals surface area contributed by atoms with E-state index in [0.717, 1.165) is 42.8 Å². The van der Waals surface area contributed by atoms with Crippen LogP contribution in [-0.2, 0) is 16.1 Å². The quantitative estimate of drug-likeness (QED) is 0.770. The Kier molecular flexibility index (Phi) is 4.68. The van der Waals surface area contributed by atoms with Gasteiger partial charge in [-0.1, -0.05) is 0 Å². The van der Waals surface area contributed by atoms with E-state index in [1.165, 1.54) is 19.3 Å². The summed E-state index contributed by atoms with van der Waals surface area (Å²) in [6, 6.07) is -0.0928. The van der Waals surface area contributed by atoms with Gasteiger partial charge in [-0.25, -0.2) is 4.98 Å². The van der Waals surface area contributed by atoms with Gasteiger partial charge in [-0.3, -0.25) is 9.59 Å². The van der Waals surface area contributed by atoms with Gasteiger partial charge in [0, 0.05) is 32.9 Å². The van der Waals surface area contributed by atoms with Crippen LogP contribution in [0.25, 0.3) is 0 Å². The van der Waals surface area contributed by atoms with E-state index < -0.39 is 0 Å². The molecule has 4 saturated carbocycles. The molecule has 1 unspecified atom stereocenters. The lowest BCUT2D eigenvalue weighted by Crippen LogP contribution is -2.56. The standard InChI is InChI=1S/C22H32N4O3/c1-14-19-24-18(20(27)23-3-6-29-2)13-25(19)4-5-26(14)21(28)22-10-15-7-16(11-22)9-17(8-15)12-22/h13-17H,3-12H2,1-2H3,(H,23,27). The third-order valence-corrected chi connectivity index (χ3v) is 7.81. The van der Waals surface area contributed by atoms with Gasteiger partial charge in [0.1, 0.15) is 11.5 Å². The van der Waals surface area contributed by atoms with Crippen molar-refractivity contribution in [3.8, 4) is 0 Å². The average Bonchev–Trinajstić information content (AvgIpc) is 3.12. The normalized spacial score (nSPS) is 34.9. The van der Waals surface area contributed by atoms with E-state index in [0.29, 0.717) is 37.8 Å². The van der Waals surface area contributed by atoms with Crippen molar-refractivity contribution in [1.82, 2.24) is 19.8 Å². The number of fused-ring (bicyclic) bond motifs is 1. The minimum Gasteiger partial charge on any atom is -0.383 e. The number of imidazole rings is 1. The van der Waals surface area contributed by atoms with Crippen molar-refractivity contribution in [1.29, 1.82) is 0 Å². The molecule has 6 rings (SSSR count). The number of amides is 2. The Morgan fingerprint density at radius 2 is 1.83 bits per heavy atom. The number of carbonyl (C=O) groups is 2. The van der Waals surface area contributed by atoms with Crippen molar-refractivity contribution in [2.45, 2.75) is 58.0 Å². The van der Waals surface area contributed by atoms with Gasteiger partial charge < -0.3 is 19.5 Å². The second kappa shape index (κ2) is 7.11. The summed E-state index contributed by atoms with van der Waals surface area (Å²) in [6.07, 6.45) is 9.10. The van der Waals surface area contributed by atoms with Crippen molar-refractivity contribution >= 4 is 11.8 Å². The third kappa shape index (κ3) is 3.18. The third-order valence-electron chi connectivity index (χ3n) is 7.81. The van der Waals surface area contributed by atoms with Gasteiger partial charge >= 0.3 is 0 Å². The minimum absolute atomic E-state index is 0.0928. The average molecular weight is 401 g/mol. The molecule has 0 aromatic carbocycles. The molecule has 7 heteroatoms. The minimum atomic E-state index is -0.185. The van der Waals surface area contributed by atoms with E-state index in [9.17, 15) is 9.59 Å². The molecule has 0 saturated heterocycles. The van der Waals surface area contributed by atoms with Gasteiger partial charge in [0.15, 0.2) is 0 Å². The summed E-state index contributed by atoms with van der Waals surface area (Å²) in [4.78, 5) is 32.8. The van der Waals surface area contributed by atoms with E-state index in [4.69, 9.17) is 4.74 Å². The van der Waals surface area contributed by atoms with Crippen LogP contribution < -0.4 is 5.32 Å².